The van der Waals surface area contributed by atoms with Crippen molar-refractivity contribution in [3.8, 4) is 5.75 Å². The molecule has 2 aromatic rings. The molecule has 0 radical (unpaired) electrons. The number of anilines is 1. The van der Waals surface area contributed by atoms with Gasteiger partial charge < -0.3 is 14.9 Å². The van der Waals surface area contributed by atoms with Gasteiger partial charge in [0.2, 0.25) is 6.10 Å². The fourth-order valence-corrected chi connectivity index (χ4v) is 2.45. The predicted octanol–water partition coefficient (Wildman–Crippen LogP) is 3.48. The SMILES string of the molecule is COc1ccc(C2=NOC(C(=O)Nc3cccc(Cl)c3)C2)cc1. The zero-order chi connectivity index (χ0) is 16.2. The number of hydrogen-bond acceptors (Lipinski definition) is 4. The lowest BCUT2D eigenvalue weighted by molar-refractivity contribution is -0.125. The van der Waals surface area contributed by atoms with Crippen molar-refractivity contribution in [3.05, 3.63) is 59.1 Å². The van der Waals surface area contributed by atoms with Crippen LogP contribution < -0.4 is 10.1 Å². The summed E-state index contributed by atoms with van der Waals surface area (Å²) in [5.41, 5.74) is 2.27. The van der Waals surface area contributed by atoms with Crippen molar-refractivity contribution in [2.45, 2.75) is 12.5 Å². The maximum absolute atomic E-state index is 12.2. The summed E-state index contributed by atoms with van der Waals surface area (Å²) in [5, 5.41) is 7.35. The van der Waals surface area contributed by atoms with Crippen LogP contribution in [0, 0.1) is 0 Å². The van der Waals surface area contributed by atoms with Crippen LogP contribution in [-0.2, 0) is 9.63 Å². The molecular formula is C17H15ClN2O3. The standard InChI is InChI=1S/C17H15ClN2O3/c1-22-14-7-5-11(6-8-14)15-10-16(23-20-15)17(21)19-13-4-2-3-12(18)9-13/h2-9,16H,10H2,1H3,(H,19,21). The number of methoxy groups -OCH3 is 1. The van der Waals surface area contributed by atoms with Gasteiger partial charge in [-0.05, 0) is 48.0 Å². The molecule has 0 aliphatic carbocycles. The highest BCUT2D eigenvalue weighted by Crippen LogP contribution is 2.21. The molecule has 1 amide bonds. The highest BCUT2D eigenvalue weighted by molar-refractivity contribution is 6.30. The molecule has 1 atom stereocenters. The van der Waals surface area contributed by atoms with Crippen molar-refractivity contribution in [2.24, 2.45) is 5.16 Å². The van der Waals surface area contributed by atoms with E-state index in [0.29, 0.717) is 17.1 Å². The van der Waals surface area contributed by atoms with Crippen LogP contribution in [0.1, 0.15) is 12.0 Å². The van der Waals surface area contributed by atoms with Crippen LogP contribution in [0.2, 0.25) is 5.02 Å². The minimum absolute atomic E-state index is 0.250. The third-order valence-electron chi connectivity index (χ3n) is 3.48. The summed E-state index contributed by atoms with van der Waals surface area (Å²) in [6.45, 7) is 0. The molecule has 6 heteroatoms. The van der Waals surface area contributed by atoms with Gasteiger partial charge in [0.25, 0.3) is 5.91 Å². The third kappa shape index (κ3) is 3.63. The number of amides is 1. The number of oxime groups is 1. The Bertz CT molecular complexity index is 744. The maximum atomic E-state index is 12.2. The number of nitrogens with zero attached hydrogens (tertiary/aromatic N) is 1. The fraction of sp³-hybridized carbons (Fsp3) is 0.176. The van der Waals surface area contributed by atoms with Gasteiger partial charge in [-0.2, -0.15) is 0 Å². The molecule has 0 saturated heterocycles. The average molecular weight is 331 g/mol. The summed E-state index contributed by atoms with van der Waals surface area (Å²) in [7, 11) is 1.61. The number of nitrogens with one attached hydrogen (secondary N) is 1. The van der Waals surface area contributed by atoms with Gasteiger partial charge in [0, 0.05) is 17.1 Å². The minimum atomic E-state index is -0.647. The van der Waals surface area contributed by atoms with Crippen LogP contribution in [0.5, 0.6) is 5.75 Å². The van der Waals surface area contributed by atoms with Crippen LogP contribution in [0.25, 0.3) is 0 Å². The molecule has 1 aliphatic rings. The van der Waals surface area contributed by atoms with Crippen molar-refractivity contribution in [1.29, 1.82) is 0 Å². The minimum Gasteiger partial charge on any atom is -0.497 e. The molecule has 1 heterocycles. The van der Waals surface area contributed by atoms with Gasteiger partial charge in [0.05, 0.1) is 12.8 Å². The van der Waals surface area contributed by atoms with E-state index >= 15 is 0 Å². The summed E-state index contributed by atoms with van der Waals surface area (Å²) >= 11 is 5.90. The average Bonchev–Trinajstić information content (AvgIpc) is 3.05. The van der Waals surface area contributed by atoms with Gasteiger partial charge in [-0.25, -0.2) is 0 Å². The molecular weight excluding hydrogens is 316 g/mol. The molecule has 0 bridgehead atoms. The fourth-order valence-electron chi connectivity index (χ4n) is 2.26. The molecule has 0 spiro atoms. The summed E-state index contributed by atoms with van der Waals surface area (Å²) in [6, 6.07) is 14.4. The van der Waals surface area contributed by atoms with Gasteiger partial charge in [-0.15, -0.1) is 0 Å². The summed E-state index contributed by atoms with van der Waals surface area (Å²) in [5.74, 6) is 0.517. The highest BCUT2D eigenvalue weighted by Gasteiger charge is 2.29. The largest absolute Gasteiger partial charge is 0.497 e. The maximum Gasteiger partial charge on any atom is 0.268 e. The van der Waals surface area contributed by atoms with Crippen molar-refractivity contribution >= 4 is 28.9 Å². The van der Waals surface area contributed by atoms with Gasteiger partial charge in [-0.1, -0.05) is 22.8 Å². The molecule has 0 fully saturated rings. The van der Waals surface area contributed by atoms with Gasteiger partial charge in [0.15, 0.2) is 0 Å². The van der Waals surface area contributed by atoms with E-state index in [-0.39, 0.29) is 5.91 Å². The summed E-state index contributed by atoms with van der Waals surface area (Å²) in [4.78, 5) is 17.5. The van der Waals surface area contributed by atoms with E-state index in [2.05, 4.69) is 10.5 Å². The van der Waals surface area contributed by atoms with E-state index in [1.807, 2.05) is 24.3 Å². The summed E-state index contributed by atoms with van der Waals surface area (Å²) in [6.07, 6.45) is -0.232. The Labute approximate surface area is 138 Å². The quantitative estimate of drug-likeness (QED) is 0.933. The first kappa shape index (κ1) is 15.4. The second-order valence-electron chi connectivity index (χ2n) is 5.06. The lowest BCUT2D eigenvalue weighted by atomic mass is 10.0. The topological polar surface area (TPSA) is 59.9 Å². The molecule has 2 aromatic carbocycles. The van der Waals surface area contributed by atoms with Crippen LogP contribution >= 0.6 is 11.6 Å². The number of ether oxygens (including phenoxy) is 1. The Kier molecular flexibility index (Phi) is 4.48. The molecule has 0 saturated carbocycles. The van der Waals surface area contributed by atoms with Crippen molar-refractivity contribution in [2.75, 3.05) is 12.4 Å². The Morgan fingerprint density at radius 3 is 2.78 bits per heavy atom. The number of carbonyl (C=O) groups is 1. The molecule has 0 aromatic heterocycles. The van der Waals surface area contributed by atoms with Gasteiger partial charge in [-0.3, -0.25) is 4.79 Å². The Hall–Kier alpha value is -2.53. The van der Waals surface area contributed by atoms with E-state index in [4.69, 9.17) is 21.2 Å². The molecule has 118 valence electrons. The number of benzene rings is 2. The first-order chi connectivity index (χ1) is 11.2. The van der Waals surface area contributed by atoms with Gasteiger partial charge >= 0.3 is 0 Å². The number of halogens is 1. The molecule has 23 heavy (non-hydrogen) atoms. The first-order valence-corrected chi connectivity index (χ1v) is 7.47. The smallest absolute Gasteiger partial charge is 0.268 e. The third-order valence-corrected chi connectivity index (χ3v) is 3.71. The van der Waals surface area contributed by atoms with Crippen LogP contribution in [0.4, 0.5) is 5.69 Å². The second-order valence-corrected chi connectivity index (χ2v) is 5.50. The van der Waals surface area contributed by atoms with Crippen molar-refractivity contribution < 1.29 is 14.4 Å². The Balaban J connectivity index is 1.62. The predicted molar refractivity (Wildman–Crippen MR) is 89.1 cm³/mol. The van der Waals surface area contributed by atoms with Gasteiger partial charge in [0.1, 0.15) is 5.75 Å². The summed E-state index contributed by atoms with van der Waals surface area (Å²) < 4.78 is 5.12. The van der Waals surface area contributed by atoms with E-state index in [1.54, 1.807) is 31.4 Å². The number of carbonyl (C=O) groups excluding carboxylic acids is 1. The molecule has 1 unspecified atom stereocenters. The van der Waals surface area contributed by atoms with Crippen molar-refractivity contribution in [1.82, 2.24) is 0 Å². The van der Waals surface area contributed by atoms with Crippen LogP contribution in [0.15, 0.2) is 53.7 Å². The molecule has 1 N–H and O–H groups in total. The number of hydrogen-bond donors (Lipinski definition) is 1. The highest BCUT2D eigenvalue weighted by atomic mass is 35.5. The monoisotopic (exact) mass is 330 g/mol. The van der Waals surface area contributed by atoms with E-state index in [0.717, 1.165) is 17.0 Å². The lowest BCUT2D eigenvalue weighted by Gasteiger charge is -2.09. The molecule has 1 aliphatic heterocycles. The van der Waals surface area contributed by atoms with Crippen LogP contribution in [0.3, 0.4) is 0 Å². The zero-order valence-corrected chi connectivity index (χ0v) is 13.2. The molecule has 5 nitrogen and oxygen atoms in total. The first-order valence-electron chi connectivity index (χ1n) is 7.09. The van der Waals surface area contributed by atoms with E-state index in [1.165, 1.54) is 0 Å². The zero-order valence-electron chi connectivity index (χ0n) is 12.5. The molecule has 3 rings (SSSR count). The van der Waals surface area contributed by atoms with E-state index < -0.39 is 6.10 Å². The van der Waals surface area contributed by atoms with Crippen molar-refractivity contribution in [3.63, 3.8) is 0 Å². The second kappa shape index (κ2) is 6.71. The number of rotatable bonds is 4. The normalized spacial score (nSPS) is 16.4. The Morgan fingerprint density at radius 1 is 1.30 bits per heavy atom. The lowest BCUT2D eigenvalue weighted by Crippen LogP contribution is -2.28. The van der Waals surface area contributed by atoms with Crippen LogP contribution in [-0.4, -0.2) is 24.8 Å². The van der Waals surface area contributed by atoms with E-state index in [9.17, 15) is 4.79 Å². The Morgan fingerprint density at radius 2 is 2.09 bits per heavy atom.